The Balaban J connectivity index is 2.29. The lowest BCUT2D eigenvalue weighted by Crippen LogP contribution is -2.31. The van der Waals surface area contributed by atoms with Crippen molar-refractivity contribution >= 4 is 5.91 Å². The summed E-state index contributed by atoms with van der Waals surface area (Å²) in [6, 6.07) is 8.26. The van der Waals surface area contributed by atoms with Crippen LogP contribution in [0.1, 0.15) is 70.0 Å². The van der Waals surface area contributed by atoms with Gasteiger partial charge in [0.2, 0.25) is 5.91 Å². The van der Waals surface area contributed by atoms with Crippen molar-refractivity contribution in [2.45, 2.75) is 58.4 Å². The lowest BCUT2D eigenvalue weighted by molar-refractivity contribution is -0.121. The standard InChI is InChI=1S/C20H29N3O/c1-6-7-8-17(24)22-18(19-21-13-14-23(19)5)15-9-11-16(12-10-15)20(2,3)4/h9-14,18H,6-8H2,1-5H3,(H,22,24). The Bertz CT molecular complexity index is 665. The number of hydrogen-bond acceptors (Lipinski definition) is 2. The Morgan fingerprint density at radius 1 is 1.25 bits per heavy atom. The van der Waals surface area contributed by atoms with Gasteiger partial charge in [-0.25, -0.2) is 4.98 Å². The van der Waals surface area contributed by atoms with Gasteiger partial charge in [0.25, 0.3) is 0 Å². The molecule has 0 bridgehead atoms. The largest absolute Gasteiger partial charge is 0.342 e. The number of aromatic nitrogens is 2. The third-order valence-electron chi connectivity index (χ3n) is 4.29. The molecule has 1 atom stereocenters. The fourth-order valence-corrected chi connectivity index (χ4v) is 2.70. The first-order valence-electron chi connectivity index (χ1n) is 8.70. The molecule has 2 rings (SSSR count). The summed E-state index contributed by atoms with van der Waals surface area (Å²) < 4.78 is 1.96. The maximum atomic E-state index is 12.3. The molecule has 0 fully saturated rings. The Morgan fingerprint density at radius 2 is 1.92 bits per heavy atom. The van der Waals surface area contributed by atoms with E-state index in [2.05, 4.69) is 62.3 Å². The van der Waals surface area contributed by atoms with Crippen LogP contribution in [0, 0.1) is 0 Å². The van der Waals surface area contributed by atoms with Crippen molar-refractivity contribution in [2.24, 2.45) is 7.05 Å². The first-order chi connectivity index (χ1) is 11.3. The second kappa shape index (κ2) is 7.65. The van der Waals surface area contributed by atoms with Crippen molar-refractivity contribution in [2.75, 3.05) is 0 Å². The quantitative estimate of drug-likeness (QED) is 0.868. The molecule has 1 N–H and O–H groups in total. The number of carbonyl (C=O) groups is 1. The van der Waals surface area contributed by atoms with Gasteiger partial charge in [-0.2, -0.15) is 0 Å². The van der Waals surface area contributed by atoms with Crippen LogP contribution in [0.3, 0.4) is 0 Å². The number of amides is 1. The molecule has 24 heavy (non-hydrogen) atoms. The zero-order valence-electron chi connectivity index (χ0n) is 15.5. The lowest BCUT2D eigenvalue weighted by Gasteiger charge is -2.22. The molecule has 4 nitrogen and oxygen atoms in total. The lowest BCUT2D eigenvalue weighted by atomic mass is 9.86. The summed E-state index contributed by atoms with van der Waals surface area (Å²) in [5, 5.41) is 3.15. The van der Waals surface area contributed by atoms with Crippen molar-refractivity contribution in [3.8, 4) is 0 Å². The number of rotatable bonds is 6. The van der Waals surface area contributed by atoms with Crippen LogP contribution in [0.15, 0.2) is 36.7 Å². The smallest absolute Gasteiger partial charge is 0.220 e. The second-order valence-corrected chi connectivity index (χ2v) is 7.37. The van der Waals surface area contributed by atoms with Crippen molar-refractivity contribution in [3.05, 3.63) is 53.6 Å². The Labute approximate surface area is 145 Å². The van der Waals surface area contributed by atoms with Gasteiger partial charge in [0.05, 0.1) is 0 Å². The van der Waals surface area contributed by atoms with E-state index in [4.69, 9.17) is 0 Å². The molecule has 0 saturated carbocycles. The van der Waals surface area contributed by atoms with Gasteiger partial charge in [-0.05, 0) is 23.0 Å². The molecule has 0 saturated heterocycles. The van der Waals surface area contributed by atoms with Gasteiger partial charge in [-0.1, -0.05) is 58.4 Å². The minimum Gasteiger partial charge on any atom is -0.342 e. The summed E-state index contributed by atoms with van der Waals surface area (Å²) in [7, 11) is 1.96. The van der Waals surface area contributed by atoms with E-state index in [9.17, 15) is 4.79 Å². The summed E-state index contributed by atoms with van der Waals surface area (Å²) in [5.41, 5.74) is 2.45. The van der Waals surface area contributed by atoms with Crippen molar-refractivity contribution in [1.29, 1.82) is 0 Å². The second-order valence-electron chi connectivity index (χ2n) is 7.37. The summed E-state index contributed by atoms with van der Waals surface area (Å²) in [4.78, 5) is 16.7. The van der Waals surface area contributed by atoms with E-state index in [1.165, 1.54) is 5.56 Å². The van der Waals surface area contributed by atoms with Crippen molar-refractivity contribution in [1.82, 2.24) is 14.9 Å². The van der Waals surface area contributed by atoms with Crippen LogP contribution in [0.25, 0.3) is 0 Å². The predicted molar refractivity (Wildman–Crippen MR) is 97.9 cm³/mol. The van der Waals surface area contributed by atoms with Crippen LogP contribution in [0.2, 0.25) is 0 Å². The zero-order chi connectivity index (χ0) is 17.7. The SMILES string of the molecule is CCCCC(=O)NC(c1ccc(C(C)(C)C)cc1)c1nccn1C. The van der Waals surface area contributed by atoms with Crippen molar-refractivity contribution < 1.29 is 4.79 Å². The van der Waals surface area contributed by atoms with E-state index in [-0.39, 0.29) is 17.4 Å². The monoisotopic (exact) mass is 327 g/mol. The van der Waals surface area contributed by atoms with Gasteiger partial charge in [-0.3, -0.25) is 4.79 Å². The molecule has 0 aliphatic rings. The number of nitrogens with one attached hydrogen (secondary N) is 1. The predicted octanol–water partition coefficient (Wildman–Crippen LogP) is 4.11. The van der Waals surface area contributed by atoms with Gasteiger partial charge < -0.3 is 9.88 Å². The summed E-state index contributed by atoms with van der Waals surface area (Å²) in [6.07, 6.45) is 6.15. The van der Waals surface area contributed by atoms with Gasteiger partial charge in [0.15, 0.2) is 0 Å². The maximum Gasteiger partial charge on any atom is 0.220 e. The minimum absolute atomic E-state index is 0.0738. The number of hydrogen-bond donors (Lipinski definition) is 1. The molecular weight excluding hydrogens is 298 g/mol. The zero-order valence-corrected chi connectivity index (χ0v) is 15.5. The molecule has 1 unspecified atom stereocenters. The first-order valence-corrected chi connectivity index (χ1v) is 8.70. The fraction of sp³-hybridized carbons (Fsp3) is 0.500. The Hall–Kier alpha value is -2.10. The van der Waals surface area contributed by atoms with E-state index in [0.29, 0.717) is 6.42 Å². The Morgan fingerprint density at radius 3 is 2.42 bits per heavy atom. The van der Waals surface area contributed by atoms with E-state index in [1.54, 1.807) is 6.20 Å². The molecule has 4 heteroatoms. The summed E-state index contributed by atoms with van der Waals surface area (Å²) in [5.74, 6) is 0.924. The highest BCUT2D eigenvalue weighted by molar-refractivity contribution is 5.76. The average Bonchev–Trinajstić information content (AvgIpc) is 2.96. The number of imidazole rings is 1. The molecule has 2 aromatic rings. The highest BCUT2D eigenvalue weighted by atomic mass is 16.1. The third-order valence-corrected chi connectivity index (χ3v) is 4.29. The first kappa shape index (κ1) is 18.2. The average molecular weight is 327 g/mol. The molecule has 1 aromatic carbocycles. The Kier molecular flexibility index (Phi) is 5.81. The van der Waals surface area contributed by atoms with E-state index < -0.39 is 0 Å². The molecule has 0 spiro atoms. The van der Waals surface area contributed by atoms with Crippen LogP contribution >= 0.6 is 0 Å². The number of nitrogens with zero attached hydrogens (tertiary/aromatic N) is 2. The maximum absolute atomic E-state index is 12.3. The van der Waals surface area contributed by atoms with E-state index in [1.807, 2.05) is 17.8 Å². The van der Waals surface area contributed by atoms with Gasteiger partial charge in [0, 0.05) is 25.9 Å². The minimum atomic E-state index is -0.219. The normalized spacial score (nSPS) is 12.9. The number of unbranched alkanes of at least 4 members (excludes halogenated alkanes) is 1. The van der Waals surface area contributed by atoms with E-state index in [0.717, 1.165) is 24.2 Å². The molecule has 0 radical (unpaired) electrons. The van der Waals surface area contributed by atoms with Gasteiger partial charge in [-0.15, -0.1) is 0 Å². The number of benzene rings is 1. The molecule has 0 aliphatic heterocycles. The highest BCUT2D eigenvalue weighted by Crippen LogP contribution is 2.26. The van der Waals surface area contributed by atoms with Crippen LogP contribution in [0.4, 0.5) is 0 Å². The molecule has 1 aromatic heterocycles. The summed E-state index contributed by atoms with van der Waals surface area (Å²) in [6.45, 7) is 8.69. The number of aryl methyl sites for hydroxylation is 1. The van der Waals surface area contributed by atoms with Gasteiger partial charge in [0.1, 0.15) is 11.9 Å². The van der Waals surface area contributed by atoms with Gasteiger partial charge >= 0.3 is 0 Å². The van der Waals surface area contributed by atoms with Crippen LogP contribution < -0.4 is 5.32 Å². The van der Waals surface area contributed by atoms with Crippen LogP contribution in [-0.4, -0.2) is 15.5 Å². The molecular formula is C20H29N3O. The molecule has 1 heterocycles. The molecule has 0 aliphatic carbocycles. The highest BCUT2D eigenvalue weighted by Gasteiger charge is 2.21. The molecule has 1 amide bonds. The summed E-state index contributed by atoms with van der Waals surface area (Å²) >= 11 is 0. The van der Waals surface area contributed by atoms with Crippen LogP contribution in [0.5, 0.6) is 0 Å². The number of carbonyl (C=O) groups excluding carboxylic acids is 1. The van der Waals surface area contributed by atoms with Crippen LogP contribution in [-0.2, 0) is 17.3 Å². The van der Waals surface area contributed by atoms with E-state index >= 15 is 0 Å². The molecule has 130 valence electrons. The topological polar surface area (TPSA) is 46.9 Å². The van der Waals surface area contributed by atoms with Crippen molar-refractivity contribution in [3.63, 3.8) is 0 Å². The fourth-order valence-electron chi connectivity index (χ4n) is 2.70. The third kappa shape index (κ3) is 4.47.